The van der Waals surface area contributed by atoms with Crippen LogP contribution in [0.3, 0.4) is 0 Å². The van der Waals surface area contributed by atoms with Crippen molar-refractivity contribution in [2.75, 3.05) is 5.32 Å². The number of nitrogens with zero attached hydrogens (tertiary/aromatic N) is 1. The second kappa shape index (κ2) is 6.54. The molecule has 136 valence electrons. The molecule has 2 heterocycles. The molecule has 0 aliphatic heterocycles. The first-order valence-electron chi connectivity index (χ1n) is 9.30. The number of aryl methyl sites for hydroxylation is 3. The molecule has 5 heteroatoms. The molecule has 26 heavy (non-hydrogen) atoms. The van der Waals surface area contributed by atoms with E-state index in [0.29, 0.717) is 11.7 Å². The van der Waals surface area contributed by atoms with Crippen LogP contribution in [0.5, 0.6) is 0 Å². The lowest BCUT2D eigenvalue weighted by molar-refractivity contribution is 0.509. The number of nitrogens with one attached hydrogen (secondary N) is 2. The van der Waals surface area contributed by atoms with Crippen molar-refractivity contribution >= 4 is 27.2 Å². The van der Waals surface area contributed by atoms with Gasteiger partial charge in [0.1, 0.15) is 10.7 Å². The molecule has 2 atom stereocenters. The van der Waals surface area contributed by atoms with E-state index in [1.165, 1.54) is 21.6 Å². The second-order valence-electron chi connectivity index (χ2n) is 7.65. The predicted octanol–water partition coefficient (Wildman–Crippen LogP) is 4.90. The molecule has 0 amide bonds. The number of anilines is 1. The van der Waals surface area contributed by atoms with Gasteiger partial charge in [0.2, 0.25) is 0 Å². The van der Waals surface area contributed by atoms with Crippen LogP contribution in [0.1, 0.15) is 53.7 Å². The second-order valence-corrected chi connectivity index (χ2v) is 8.73. The molecule has 0 unspecified atom stereocenters. The summed E-state index contributed by atoms with van der Waals surface area (Å²) in [6.07, 6.45) is 3.23. The zero-order valence-corrected chi connectivity index (χ0v) is 16.6. The van der Waals surface area contributed by atoms with Crippen LogP contribution in [0, 0.1) is 19.8 Å². The number of benzene rings is 1. The summed E-state index contributed by atoms with van der Waals surface area (Å²) < 4.78 is 0. The van der Waals surface area contributed by atoms with Gasteiger partial charge in [-0.05, 0) is 74.8 Å². The molecule has 0 saturated heterocycles. The summed E-state index contributed by atoms with van der Waals surface area (Å²) in [7, 11) is 0. The largest absolute Gasteiger partial charge is 0.375 e. The Morgan fingerprint density at radius 2 is 2.12 bits per heavy atom. The number of thiophene rings is 1. The summed E-state index contributed by atoms with van der Waals surface area (Å²) in [5, 5.41) is 4.28. The van der Waals surface area contributed by atoms with Crippen LogP contribution in [0.15, 0.2) is 23.0 Å². The third-order valence-corrected chi connectivity index (χ3v) is 6.63. The molecular formula is C21H25N3OS. The zero-order chi connectivity index (χ0) is 18.4. The molecule has 1 aliphatic rings. The Balaban J connectivity index is 1.68. The molecule has 4 rings (SSSR count). The molecule has 1 aliphatic carbocycles. The SMILES string of the molecule is Cc1ccc(N[C@H](C)c2nc3sc4c(c3c(=O)[nH]2)CC[C@@H](C)C4)cc1C. The molecule has 2 N–H and O–H groups in total. The third-order valence-electron chi connectivity index (χ3n) is 5.48. The van der Waals surface area contributed by atoms with Crippen LogP contribution in [0.25, 0.3) is 10.2 Å². The molecule has 0 bridgehead atoms. The molecule has 4 nitrogen and oxygen atoms in total. The Bertz CT molecular complexity index is 1030. The lowest BCUT2D eigenvalue weighted by Crippen LogP contribution is -2.18. The fourth-order valence-electron chi connectivity index (χ4n) is 3.72. The van der Waals surface area contributed by atoms with E-state index in [1.54, 1.807) is 11.3 Å². The maximum absolute atomic E-state index is 12.8. The normalized spacial score (nSPS) is 17.9. The standard InChI is InChI=1S/C21H25N3OS/c1-11-5-8-16-17(9-11)26-21-18(16)20(25)23-19(24-21)14(4)22-15-7-6-12(2)13(3)10-15/h6-7,10-11,14,22H,5,8-9H2,1-4H3,(H,23,24,25)/t11-,14-/m1/s1. The Hall–Kier alpha value is -2.14. The van der Waals surface area contributed by atoms with Crippen molar-refractivity contribution in [1.29, 1.82) is 0 Å². The molecule has 2 aromatic heterocycles. The highest BCUT2D eigenvalue weighted by molar-refractivity contribution is 7.18. The van der Waals surface area contributed by atoms with Gasteiger partial charge in [-0.3, -0.25) is 4.79 Å². The van der Waals surface area contributed by atoms with Gasteiger partial charge < -0.3 is 10.3 Å². The van der Waals surface area contributed by atoms with Crippen LogP contribution < -0.4 is 10.9 Å². The lowest BCUT2D eigenvalue weighted by atomic mass is 9.89. The fraction of sp³-hybridized carbons (Fsp3) is 0.429. The van der Waals surface area contributed by atoms with Gasteiger partial charge in [-0.2, -0.15) is 0 Å². The van der Waals surface area contributed by atoms with E-state index >= 15 is 0 Å². The summed E-state index contributed by atoms with van der Waals surface area (Å²) in [5.74, 6) is 1.40. The molecule has 0 fully saturated rings. The number of fused-ring (bicyclic) bond motifs is 3. The topological polar surface area (TPSA) is 57.8 Å². The molecule has 0 radical (unpaired) electrons. The van der Waals surface area contributed by atoms with Crippen molar-refractivity contribution in [3.8, 4) is 0 Å². The number of aromatic amines is 1. The monoisotopic (exact) mass is 367 g/mol. The van der Waals surface area contributed by atoms with Crippen LogP contribution >= 0.6 is 11.3 Å². The van der Waals surface area contributed by atoms with E-state index in [2.05, 4.69) is 49.3 Å². The van der Waals surface area contributed by atoms with E-state index in [0.717, 1.165) is 35.2 Å². The van der Waals surface area contributed by atoms with Gasteiger partial charge in [-0.1, -0.05) is 13.0 Å². The average Bonchev–Trinajstić information content (AvgIpc) is 2.95. The van der Waals surface area contributed by atoms with E-state index < -0.39 is 0 Å². The molecular weight excluding hydrogens is 342 g/mol. The summed E-state index contributed by atoms with van der Waals surface area (Å²) in [4.78, 5) is 22.8. The van der Waals surface area contributed by atoms with E-state index in [-0.39, 0.29) is 11.6 Å². The molecule has 0 spiro atoms. The zero-order valence-electron chi connectivity index (χ0n) is 15.8. The quantitative estimate of drug-likeness (QED) is 0.692. The minimum atomic E-state index is -0.0627. The number of H-pyrrole nitrogens is 1. The first kappa shape index (κ1) is 17.3. The summed E-state index contributed by atoms with van der Waals surface area (Å²) in [6, 6.07) is 6.25. The Labute approximate surface area is 157 Å². The van der Waals surface area contributed by atoms with Gasteiger partial charge >= 0.3 is 0 Å². The Morgan fingerprint density at radius 1 is 1.31 bits per heavy atom. The minimum absolute atomic E-state index is 0.00536. The lowest BCUT2D eigenvalue weighted by Gasteiger charge is -2.17. The van der Waals surface area contributed by atoms with Gasteiger partial charge in [0.05, 0.1) is 11.4 Å². The highest BCUT2D eigenvalue weighted by Gasteiger charge is 2.23. The highest BCUT2D eigenvalue weighted by atomic mass is 32.1. The maximum Gasteiger partial charge on any atom is 0.259 e. The van der Waals surface area contributed by atoms with Crippen LogP contribution in [0.2, 0.25) is 0 Å². The number of aromatic nitrogens is 2. The third kappa shape index (κ3) is 3.05. The van der Waals surface area contributed by atoms with Gasteiger partial charge in [0, 0.05) is 10.6 Å². The maximum atomic E-state index is 12.8. The number of rotatable bonds is 3. The van der Waals surface area contributed by atoms with Gasteiger partial charge in [-0.15, -0.1) is 11.3 Å². The fourth-order valence-corrected chi connectivity index (χ4v) is 5.11. The smallest absolute Gasteiger partial charge is 0.259 e. The summed E-state index contributed by atoms with van der Waals surface area (Å²) in [5.41, 5.74) is 4.81. The van der Waals surface area contributed by atoms with Gasteiger partial charge in [0.25, 0.3) is 5.56 Å². The average molecular weight is 368 g/mol. The van der Waals surface area contributed by atoms with Crippen LogP contribution in [-0.4, -0.2) is 9.97 Å². The van der Waals surface area contributed by atoms with Crippen molar-refractivity contribution in [3.05, 3.63) is 55.9 Å². The van der Waals surface area contributed by atoms with Crippen LogP contribution in [0.4, 0.5) is 5.69 Å². The van der Waals surface area contributed by atoms with Crippen molar-refractivity contribution in [3.63, 3.8) is 0 Å². The Morgan fingerprint density at radius 3 is 2.88 bits per heavy atom. The van der Waals surface area contributed by atoms with E-state index in [1.807, 2.05) is 6.92 Å². The van der Waals surface area contributed by atoms with Gasteiger partial charge in [-0.25, -0.2) is 4.98 Å². The first-order chi connectivity index (χ1) is 12.4. The molecule has 0 saturated carbocycles. The van der Waals surface area contributed by atoms with E-state index in [4.69, 9.17) is 4.98 Å². The van der Waals surface area contributed by atoms with Crippen molar-refractivity contribution in [1.82, 2.24) is 9.97 Å². The van der Waals surface area contributed by atoms with Crippen LogP contribution in [-0.2, 0) is 12.8 Å². The minimum Gasteiger partial charge on any atom is -0.375 e. The predicted molar refractivity (Wildman–Crippen MR) is 109 cm³/mol. The summed E-state index contributed by atoms with van der Waals surface area (Å²) in [6.45, 7) is 8.53. The van der Waals surface area contributed by atoms with Gasteiger partial charge in [0.15, 0.2) is 0 Å². The molecule has 1 aromatic carbocycles. The first-order valence-corrected chi connectivity index (χ1v) is 10.1. The Kier molecular flexibility index (Phi) is 4.35. The van der Waals surface area contributed by atoms with E-state index in [9.17, 15) is 4.79 Å². The summed E-state index contributed by atoms with van der Waals surface area (Å²) >= 11 is 1.70. The number of hydrogen-bond acceptors (Lipinski definition) is 4. The number of hydrogen-bond donors (Lipinski definition) is 2. The van der Waals surface area contributed by atoms with Crippen molar-refractivity contribution < 1.29 is 0 Å². The molecule has 3 aromatic rings. The van der Waals surface area contributed by atoms with Crippen molar-refractivity contribution in [2.24, 2.45) is 5.92 Å². The highest BCUT2D eigenvalue weighted by Crippen LogP contribution is 2.36. The van der Waals surface area contributed by atoms with Crippen molar-refractivity contribution in [2.45, 2.75) is 53.0 Å².